The summed E-state index contributed by atoms with van der Waals surface area (Å²) in [7, 11) is 0. The summed E-state index contributed by atoms with van der Waals surface area (Å²) in [5, 5.41) is 1.26. The van der Waals surface area contributed by atoms with Crippen LogP contribution < -0.4 is 0 Å². The van der Waals surface area contributed by atoms with Crippen LogP contribution in [0.15, 0.2) is 30.5 Å². The first-order chi connectivity index (χ1) is 11.1. The molecule has 1 N–H and O–H groups in total. The van der Waals surface area contributed by atoms with Gasteiger partial charge in [-0.25, -0.2) is 4.79 Å². The van der Waals surface area contributed by atoms with E-state index in [1.54, 1.807) is 4.90 Å². The molecular formula is C19H24N2O2. The van der Waals surface area contributed by atoms with E-state index in [-0.39, 0.29) is 6.09 Å². The topological polar surface area (TPSA) is 45.3 Å². The number of aryl methyl sites for hydroxylation is 1. The van der Waals surface area contributed by atoms with Gasteiger partial charge in [0.2, 0.25) is 0 Å². The van der Waals surface area contributed by atoms with E-state index >= 15 is 0 Å². The van der Waals surface area contributed by atoms with Crippen LogP contribution in [0.1, 0.15) is 31.4 Å². The molecule has 23 heavy (non-hydrogen) atoms. The zero-order chi connectivity index (χ0) is 16.4. The maximum Gasteiger partial charge on any atom is 0.410 e. The van der Waals surface area contributed by atoms with Gasteiger partial charge in [0.05, 0.1) is 6.61 Å². The molecule has 0 aliphatic carbocycles. The fourth-order valence-corrected chi connectivity index (χ4v) is 2.98. The smallest absolute Gasteiger partial charge is 0.410 e. The molecule has 4 heteroatoms. The van der Waals surface area contributed by atoms with Gasteiger partial charge in [-0.05, 0) is 30.4 Å². The van der Waals surface area contributed by atoms with Gasteiger partial charge in [0, 0.05) is 35.8 Å². The average molecular weight is 312 g/mol. The Bertz CT molecular complexity index is 743. The Kier molecular flexibility index (Phi) is 4.42. The summed E-state index contributed by atoms with van der Waals surface area (Å²) in [5.41, 5.74) is 5.00. The highest BCUT2D eigenvalue weighted by atomic mass is 16.6. The fourth-order valence-electron chi connectivity index (χ4n) is 2.98. The van der Waals surface area contributed by atoms with Crippen molar-refractivity contribution in [2.75, 3.05) is 19.7 Å². The first-order valence-corrected chi connectivity index (χ1v) is 8.24. The maximum absolute atomic E-state index is 12.0. The molecule has 0 saturated heterocycles. The minimum absolute atomic E-state index is 0.205. The Hall–Kier alpha value is -2.23. The number of rotatable bonds is 3. The number of fused-ring (bicyclic) bond motifs is 1. The van der Waals surface area contributed by atoms with Crippen molar-refractivity contribution in [1.82, 2.24) is 9.88 Å². The number of hydrogen-bond donors (Lipinski definition) is 1. The molecule has 1 amide bonds. The second-order valence-corrected chi connectivity index (χ2v) is 6.60. The first-order valence-electron chi connectivity index (χ1n) is 8.24. The number of carbonyl (C=O) groups excluding carboxylic acids is 1. The van der Waals surface area contributed by atoms with E-state index in [0.29, 0.717) is 25.6 Å². The van der Waals surface area contributed by atoms with Crippen LogP contribution in [-0.4, -0.2) is 35.7 Å². The molecule has 0 atom stereocenters. The molecule has 2 heterocycles. The largest absolute Gasteiger partial charge is 0.449 e. The van der Waals surface area contributed by atoms with E-state index in [1.165, 1.54) is 27.6 Å². The van der Waals surface area contributed by atoms with Gasteiger partial charge in [0.1, 0.15) is 0 Å². The second kappa shape index (κ2) is 6.49. The quantitative estimate of drug-likeness (QED) is 0.915. The number of nitrogens with one attached hydrogen (secondary N) is 1. The number of nitrogens with zero attached hydrogens (tertiary/aromatic N) is 1. The molecule has 1 aliphatic heterocycles. The molecule has 3 rings (SSSR count). The van der Waals surface area contributed by atoms with Crippen LogP contribution in [-0.2, 0) is 4.74 Å². The van der Waals surface area contributed by atoms with Crippen LogP contribution in [0.4, 0.5) is 4.79 Å². The summed E-state index contributed by atoms with van der Waals surface area (Å²) in [6.45, 7) is 8.00. The molecule has 1 aromatic carbocycles. The highest BCUT2D eigenvalue weighted by Crippen LogP contribution is 2.30. The monoisotopic (exact) mass is 312 g/mol. The van der Waals surface area contributed by atoms with E-state index in [9.17, 15) is 4.79 Å². The lowest BCUT2D eigenvalue weighted by atomic mass is 9.98. The van der Waals surface area contributed by atoms with E-state index in [2.05, 4.69) is 42.4 Å². The second-order valence-electron chi connectivity index (χ2n) is 6.60. The third kappa shape index (κ3) is 3.26. The molecule has 4 nitrogen and oxygen atoms in total. The van der Waals surface area contributed by atoms with Gasteiger partial charge in [-0.15, -0.1) is 0 Å². The van der Waals surface area contributed by atoms with Crippen LogP contribution in [0, 0.1) is 12.8 Å². The number of carbonyl (C=O) groups is 1. The Labute approximate surface area is 137 Å². The van der Waals surface area contributed by atoms with Gasteiger partial charge in [-0.1, -0.05) is 38.1 Å². The predicted octanol–water partition coefficient (Wildman–Crippen LogP) is 4.36. The lowest BCUT2D eigenvalue weighted by Gasteiger charge is -2.26. The van der Waals surface area contributed by atoms with Crippen LogP contribution in [0.5, 0.6) is 0 Å². The molecule has 0 spiro atoms. The average Bonchev–Trinajstić information content (AvgIpc) is 2.98. The molecule has 0 bridgehead atoms. The SMILES string of the molecule is Cc1cccc2c(C3=CCN(C(=O)OCC(C)C)CC3)c[nH]c12. The Balaban J connectivity index is 1.73. The predicted molar refractivity (Wildman–Crippen MR) is 93.4 cm³/mol. The van der Waals surface area contributed by atoms with Crippen molar-refractivity contribution in [2.24, 2.45) is 5.92 Å². The number of ether oxygens (including phenoxy) is 1. The molecule has 0 radical (unpaired) electrons. The summed E-state index contributed by atoms with van der Waals surface area (Å²) in [6.07, 6.45) is 4.88. The molecule has 0 fully saturated rings. The van der Waals surface area contributed by atoms with Crippen molar-refractivity contribution in [2.45, 2.75) is 27.2 Å². The molecule has 122 valence electrons. The minimum Gasteiger partial charge on any atom is -0.449 e. The van der Waals surface area contributed by atoms with Gasteiger partial charge in [0.25, 0.3) is 0 Å². The number of hydrogen-bond acceptors (Lipinski definition) is 2. The summed E-state index contributed by atoms with van der Waals surface area (Å²) < 4.78 is 5.31. The first kappa shape index (κ1) is 15.7. The van der Waals surface area contributed by atoms with E-state index in [0.717, 1.165) is 6.42 Å². The molecule has 0 unspecified atom stereocenters. The van der Waals surface area contributed by atoms with Crippen LogP contribution in [0.2, 0.25) is 0 Å². The van der Waals surface area contributed by atoms with Crippen molar-refractivity contribution >= 4 is 22.6 Å². The van der Waals surface area contributed by atoms with Gasteiger partial charge >= 0.3 is 6.09 Å². The summed E-state index contributed by atoms with van der Waals surface area (Å²) >= 11 is 0. The van der Waals surface area contributed by atoms with Gasteiger partial charge in [-0.3, -0.25) is 0 Å². The van der Waals surface area contributed by atoms with Crippen LogP contribution in [0.25, 0.3) is 16.5 Å². The zero-order valence-electron chi connectivity index (χ0n) is 14.1. The standard InChI is InChI=1S/C19H24N2O2/c1-13(2)12-23-19(22)21-9-7-15(8-10-21)17-11-20-18-14(3)5-4-6-16(17)18/h4-7,11,13,20H,8-10,12H2,1-3H3. The van der Waals surface area contributed by atoms with E-state index in [1.807, 2.05) is 13.8 Å². The third-order valence-corrected chi connectivity index (χ3v) is 4.28. The van der Waals surface area contributed by atoms with Crippen LogP contribution >= 0.6 is 0 Å². The lowest BCUT2D eigenvalue weighted by Crippen LogP contribution is -2.35. The third-order valence-electron chi connectivity index (χ3n) is 4.28. The zero-order valence-corrected chi connectivity index (χ0v) is 14.1. The number of amides is 1. The Morgan fingerprint density at radius 1 is 1.39 bits per heavy atom. The Morgan fingerprint density at radius 2 is 2.22 bits per heavy atom. The normalized spacial score (nSPS) is 15.1. The van der Waals surface area contributed by atoms with Crippen molar-refractivity contribution in [3.63, 3.8) is 0 Å². The number of aromatic nitrogens is 1. The van der Waals surface area contributed by atoms with Gasteiger partial charge in [-0.2, -0.15) is 0 Å². The molecule has 1 aromatic heterocycles. The number of aromatic amines is 1. The summed E-state index contributed by atoms with van der Waals surface area (Å²) in [6, 6.07) is 6.36. The number of benzene rings is 1. The minimum atomic E-state index is -0.205. The Morgan fingerprint density at radius 3 is 2.91 bits per heavy atom. The summed E-state index contributed by atoms with van der Waals surface area (Å²) in [4.78, 5) is 17.2. The van der Waals surface area contributed by atoms with Crippen molar-refractivity contribution in [1.29, 1.82) is 0 Å². The number of para-hydroxylation sites is 1. The molecule has 1 aliphatic rings. The molecule has 0 saturated carbocycles. The molecule has 2 aromatic rings. The fraction of sp³-hybridized carbons (Fsp3) is 0.421. The highest BCUT2D eigenvalue weighted by Gasteiger charge is 2.20. The molecular weight excluding hydrogens is 288 g/mol. The van der Waals surface area contributed by atoms with Crippen molar-refractivity contribution in [3.8, 4) is 0 Å². The van der Waals surface area contributed by atoms with Crippen LogP contribution in [0.3, 0.4) is 0 Å². The van der Waals surface area contributed by atoms with Gasteiger partial charge < -0.3 is 14.6 Å². The van der Waals surface area contributed by atoms with E-state index in [4.69, 9.17) is 4.74 Å². The van der Waals surface area contributed by atoms with Crippen molar-refractivity contribution in [3.05, 3.63) is 41.6 Å². The highest BCUT2D eigenvalue weighted by molar-refractivity contribution is 5.94. The number of H-pyrrole nitrogens is 1. The van der Waals surface area contributed by atoms with Crippen molar-refractivity contribution < 1.29 is 9.53 Å². The van der Waals surface area contributed by atoms with E-state index < -0.39 is 0 Å². The summed E-state index contributed by atoms with van der Waals surface area (Å²) in [5.74, 6) is 0.365. The lowest BCUT2D eigenvalue weighted by molar-refractivity contribution is 0.0954. The van der Waals surface area contributed by atoms with Gasteiger partial charge in [0.15, 0.2) is 0 Å². The maximum atomic E-state index is 12.0.